The lowest BCUT2D eigenvalue weighted by Gasteiger charge is -2.13. The van der Waals surface area contributed by atoms with Gasteiger partial charge in [-0.25, -0.2) is 10.4 Å². The fraction of sp³-hybridized carbons (Fsp3) is 0.0833. The van der Waals surface area contributed by atoms with E-state index in [0.29, 0.717) is 21.7 Å². The molecule has 0 aliphatic carbocycles. The van der Waals surface area contributed by atoms with Gasteiger partial charge in [0.05, 0.1) is 28.6 Å². The highest BCUT2D eigenvalue weighted by atomic mass is 79.9. The van der Waals surface area contributed by atoms with Crippen molar-refractivity contribution < 1.29 is 4.79 Å². The summed E-state index contributed by atoms with van der Waals surface area (Å²) in [7, 11) is 0. The van der Waals surface area contributed by atoms with Crippen LogP contribution in [0.15, 0.2) is 92.3 Å². The van der Waals surface area contributed by atoms with Crippen molar-refractivity contribution in [2.75, 3.05) is 5.75 Å². The molecule has 0 saturated heterocycles. The van der Waals surface area contributed by atoms with Crippen LogP contribution in [-0.2, 0) is 4.79 Å². The molecule has 1 aromatic heterocycles. The van der Waals surface area contributed by atoms with E-state index >= 15 is 0 Å². The van der Waals surface area contributed by atoms with Gasteiger partial charge < -0.3 is 0 Å². The second kappa shape index (κ2) is 9.93. The van der Waals surface area contributed by atoms with Crippen molar-refractivity contribution in [3.8, 4) is 5.69 Å². The Morgan fingerprint density at radius 1 is 1.12 bits per heavy atom. The van der Waals surface area contributed by atoms with Crippen LogP contribution in [0.2, 0.25) is 0 Å². The van der Waals surface area contributed by atoms with E-state index in [1.807, 2.05) is 67.6 Å². The molecule has 0 bridgehead atoms. The van der Waals surface area contributed by atoms with Crippen molar-refractivity contribution in [2.24, 2.45) is 5.10 Å². The summed E-state index contributed by atoms with van der Waals surface area (Å²) in [5.74, 6) is -0.231. The first kappa shape index (κ1) is 22.0. The van der Waals surface area contributed by atoms with Crippen LogP contribution < -0.4 is 11.0 Å². The van der Waals surface area contributed by atoms with Gasteiger partial charge in [0.1, 0.15) is 0 Å². The number of amides is 1. The van der Waals surface area contributed by atoms with Crippen LogP contribution in [0, 0.1) is 6.92 Å². The Bertz CT molecular complexity index is 1370. The molecule has 0 saturated carbocycles. The number of nitrogens with one attached hydrogen (secondary N) is 1. The van der Waals surface area contributed by atoms with E-state index in [2.05, 4.69) is 31.4 Å². The number of aromatic nitrogens is 2. The first-order chi connectivity index (χ1) is 15.5. The van der Waals surface area contributed by atoms with Crippen molar-refractivity contribution in [1.29, 1.82) is 0 Å². The lowest BCUT2D eigenvalue weighted by atomic mass is 10.2. The summed E-state index contributed by atoms with van der Waals surface area (Å²) in [5, 5.41) is 4.98. The third-order valence-corrected chi connectivity index (χ3v) is 6.05. The summed E-state index contributed by atoms with van der Waals surface area (Å²) in [4.78, 5) is 30.2. The Hall–Kier alpha value is -3.23. The lowest BCUT2D eigenvalue weighted by molar-refractivity contribution is -0.118. The molecule has 160 valence electrons. The maximum Gasteiger partial charge on any atom is 0.266 e. The second-order valence-corrected chi connectivity index (χ2v) is 8.88. The van der Waals surface area contributed by atoms with Crippen molar-refractivity contribution in [1.82, 2.24) is 15.0 Å². The number of rotatable bonds is 6. The van der Waals surface area contributed by atoms with Gasteiger partial charge in [-0.15, -0.1) is 0 Å². The highest BCUT2D eigenvalue weighted by Gasteiger charge is 2.14. The second-order valence-electron chi connectivity index (χ2n) is 7.02. The molecule has 0 aliphatic heterocycles. The number of hydrogen-bond acceptors (Lipinski definition) is 5. The first-order valence-corrected chi connectivity index (χ1v) is 11.6. The molecule has 0 spiro atoms. The molecule has 1 N–H and O–H groups in total. The highest BCUT2D eigenvalue weighted by Crippen LogP contribution is 2.21. The number of carbonyl (C=O) groups excluding carboxylic acids is 1. The number of benzene rings is 3. The van der Waals surface area contributed by atoms with Crippen LogP contribution >= 0.6 is 27.7 Å². The molecule has 0 atom stereocenters. The molecule has 4 aromatic rings. The summed E-state index contributed by atoms with van der Waals surface area (Å²) in [6.07, 6.45) is 1.57. The molecule has 32 heavy (non-hydrogen) atoms. The van der Waals surface area contributed by atoms with Gasteiger partial charge in [-0.2, -0.15) is 5.10 Å². The molecule has 0 radical (unpaired) electrons. The summed E-state index contributed by atoms with van der Waals surface area (Å²) in [6.45, 7) is 1.99. The van der Waals surface area contributed by atoms with Crippen LogP contribution in [0.5, 0.6) is 0 Å². The van der Waals surface area contributed by atoms with Crippen LogP contribution in [0.3, 0.4) is 0 Å². The quantitative estimate of drug-likeness (QED) is 0.178. The molecule has 0 unspecified atom stereocenters. The van der Waals surface area contributed by atoms with E-state index in [0.717, 1.165) is 15.6 Å². The van der Waals surface area contributed by atoms with Crippen LogP contribution in [0.1, 0.15) is 11.1 Å². The van der Waals surface area contributed by atoms with Gasteiger partial charge in [0.25, 0.3) is 11.5 Å². The van der Waals surface area contributed by atoms with Crippen molar-refractivity contribution in [3.63, 3.8) is 0 Å². The van der Waals surface area contributed by atoms with Gasteiger partial charge in [-0.3, -0.25) is 14.2 Å². The van der Waals surface area contributed by atoms with Crippen LogP contribution in [0.25, 0.3) is 16.6 Å². The number of para-hydroxylation sites is 1. The maximum absolute atomic E-state index is 13.2. The van der Waals surface area contributed by atoms with E-state index in [-0.39, 0.29) is 17.2 Å². The summed E-state index contributed by atoms with van der Waals surface area (Å²) >= 11 is 4.59. The van der Waals surface area contributed by atoms with Gasteiger partial charge in [0.15, 0.2) is 5.16 Å². The van der Waals surface area contributed by atoms with Crippen molar-refractivity contribution in [3.05, 3.63) is 98.7 Å². The van der Waals surface area contributed by atoms with E-state index < -0.39 is 0 Å². The number of carbonyl (C=O) groups is 1. The van der Waals surface area contributed by atoms with E-state index in [4.69, 9.17) is 0 Å². The van der Waals surface area contributed by atoms with Crippen molar-refractivity contribution >= 4 is 50.7 Å². The highest BCUT2D eigenvalue weighted by molar-refractivity contribution is 9.10. The minimum atomic E-state index is -0.292. The Labute approximate surface area is 197 Å². The van der Waals surface area contributed by atoms with E-state index in [9.17, 15) is 9.59 Å². The number of nitrogens with zero attached hydrogens (tertiary/aromatic N) is 3. The number of hydrogen-bond donors (Lipinski definition) is 1. The average Bonchev–Trinajstić information content (AvgIpc) is 2.79. The number of halogens is 1. The minimum Gasteiger partial charge on any atom is -0.272 e. The van der Waals surface area contributed by atoms with Crippen molar-refractivity contribution in [2.45, 2.75) is 12.1 Å². The standard InChI is InChI=1S/C24H19BrN4O2S/c1-16-9-11-19(12-10-16)29-23(31)20-7-2-3-8-21(20)27-24(29)32-15-22(30)28-26-14-17-5-4-6-18(25)13-17/h2-14H,15H2,1H3,(H,28,30). The third kappa shape index (κ3) is 5.15. The Kier molecular flexibility index (Phi) is 6.82. The topological polar surface area (TPSA) is 76.3 Å². The average molecular weight is 507 g/mol. The Morgan fingerprint density at radius 3 is 2.69 bits per heavy atom. The predicted octanol–water partition coefficient (Wildman–Crippen LogP) is 4.70. The van der Waals surface area contributed by atoms with Crippen LogP contribution in [0.4, 0.5) is 0 Å². The van der Waals surface area contributed by atoms with Gasteiger partial charge in [-0.05, 0) is 48.9 Å². The monoisotopic (exact) mass is 506 g/mol. The zero-order valence-electron chi connectivity index (χ0n) is 17.2. The fourth-order valence-corrected chi connectivity index (χ4v) is 4.28. The Balaban J connectivity index is 1.56. The third-order valence-electron chi connectivity index (χ3n) is 4.62. The zero-order valence-corrected chi connectivity index (χ0v) is 19.6. The summed E-state index contributed by atoms with van der Waals surface area (Å²) in [5.41, 5.74) is 5.59. The molecule has 1 heterocycles. The molecule has 4 rings (SSSR count). The number of fused-ring (bicyclic) bond motifs is 1. The molecular formula is C24H19BrN4O2S. The smallest absolute Gasteiger partial charge is 0.266 e. The maximum atomic E-state index is 13.2. The van der Waals surface area contributed by atoms with Gasteiger partial charge in [-0.1, -0.05) is 69.7 Å². The number of aryl methyl sites for hydroxylation is 1. The minimum absolute atomic E-state index is 0.0620. The SMILES string of the molecule is Cc1ccc(-n2c(SCC(=O)NN=Cc3cccc(Br)c3)nc3ccccc3c2=O)cc1. The zero-order chi connectivity index (χ0) is 22.5. The molecule has 0 aliphatic rings. The molecule has 3 aromatic carbocycles. The van der Waals surface area contributed by atoms with Gasteiger partial charge in [0, 0.05) is 4.47 Å². The normalized spacial score (nSPS) is 11.2. The number of thioether (sulfide) groups is 1. The molecule has 1 amide bonds. The molecular weight excluding hydrogens is 488 g/mol. The fourth-order valence-electron chi connectivity index (χ4n) is 3.06. The predicted molar refractivity (Wildman–Crippen MR) is 133 cm³/mol. The molecule has 6 nitrogen and oxygen atoms in total. The number of hydrazone groups is 1. The largest absolute Gasteiger partial charge is 0.272 e. The molecule has 8 heteroatoms. The van der Waals surface area contributed by atoms with E-state index in [1.165, 1.54) is 11.8 Å². The lowest BCUT2D eigenvalue weighted by Crippen LogP contribution is -2.24. The first-order valence-electron chi connectivity index (χ1n) is 9.80. The van der Waals surface area contributed by atoms with E-state index in [1.54, 1.807) is 22.9 Å². The molecule has 0 fully saturated rings. The Morgan fingerprint density at radius 2 is 1.91 bits per heavy atom. The van der Waals surface area contributed by atoms with Gasteiger partial charge in [0.2, 0.25) is 0 Å². The van der Waals surface area contributed by atoms with Gasteiger partial charge >= 0.3 is 0 Å². The summed E-state index contributed by atoms with van der Waals surface area (Å²) in [6, 6.07) is 22.4. The van der Waals surface area contributed by atoms with Crippen LogP contribution in [-0.4, -0.2) is 27.4 Å². The summed E-state index contributed by atoms with van der Waals surface area (Å²) < 4.78 is 2.48.